The number of aldehydes is 1. The highest BCUT2D eigenvalue weighted by atomic mass is 16.5. The first-order valence-corrected chi connectivity index (χ1v) is 13.3. The molecule has 0 bridgehead atoms. The zero-order valence-electron chi connectivity index (χ0n) is 22.7. The van der Waals surface area contributed by atoms with Gasteiger partial charge in [0.05, 0.1) is 19.6 Å². The van der Waals surface area contributed by atoms with Gasteiger partial charge in [0.2, 0.25) is 0 Å². The van der Waals surface area contributed by atoms with E-state index >= 15 is 0 Å². The lowest BCUT2D eigenvalue weighted by molar-refractivity contribution is 0.112. The fraction of sp³-hybridized carbons (Fsp3) is 0.139. The van der Waals surface area contributed by atoms with E-state index in [1.165, 1.54) is 0 Å². The normalized spacial score (nSPS) is 18.4. The van der Waals surface area contributed by atoms with Crippen molar-refractivity contribution in [2.75, 3.05) is 14.2 Å². The van der Waals surface area contributed by atoms with Gasteiger partial charge in [-0.1, -0.05) is 42.2 Å². The third kappa shape index (κ3) is 4.25. The number of ether oxygens (including phenoxy) is 2. The number of allylic oxidation sites excluding steroid dienone is 3. The minimum absolute atomic E-state index is 0.0901. The number of carbonyl (C=O) groups excluding carboxylic acids is 1. The Bertz CT molecular complexity index is 1770. The summed E-state index contributed by atoms with van der Waals surface area (Å²) in [5, 5.41) is 20.5. The summed E-state index contributed by atoms with van der Waals surface area (Å²) in [6.45, 7) is 0. The first-order valence-electron chi connectivity index (χ1n) is 13.3. The predicted octanol–water partition coefficient (Wildman–Crippen LogP) is 6.74. The van der Waals surface area contributed by atoms with E-state index in [4.69, 9.17) is 9.47 Å². The Kier molecular flexibility index (Phi) is 6.61. The van der Waals surface area contributed by atoms with Crippen LogP contribution in [0.25, 0.3) is 11.1 Å². The van der Waals surface area contributed by atoms with Gasteiger partial charge in [0, 0.05) is 16.7 Å². The van der Waals surface area contributed by atoms with Crippen LogP contribution in [-0.2, 0) is 10.2 Å². The highest BCUT2D eigenvalue weighted by molar-refractivity contribution is 5.92. The van der Waals surface area contributed by atoms with Crippen LogP contribution >= 0.6 is 0 Å². The Morgan fingerprint density at radius 2 is 1.59 bits per heavy atom. The second kappa shape index (κ2) is 10.4. The number of fused-ring (bicyclic) bond motifs is 3. The fourth-order valence-corrected chi connectivity index (χ4v) is 6.22. The average molecular weight is 541 g/mol. The van der Waals surface area contributed by atoms with Crippen LogP contribution in [0.2, 0.25) is 0 Å². The molecule has 5 nitrogen and oxygen atoms in total. The molecule has 5 heteroatoms. The summed E-state index contributed by atoms with van der Waals surface area (Å²) in [6, 6.07) is 23.9. The number of phenolic OH excluding ortho intramolecular Hbond substituents is 2. The van der Waals surface area contributed by atoms with Gasteiger partial charge < -0.3 is 19.7 Å². The standard InChI is InChI=1S/C36H28O5/c1-40-29-14-7-25(8-15-29)36(26-9-16-30(41-2)17-10-26)34-21-28(39)13-20-32(34)33-19-6-24(22-37)31(35(33)36)18-5-23-3-11-27(38)12-4-23/h3-4,6-9,11-17,19-22,26,38-39H,10H2,1-2H3/t26?,36-/m1/s1. The zero-order valence-corrected chi connectivity index (χ0v) is 22.7. The lowest BCUT2D eigenvalue weighted by Gasteiger charge is -2.40. The molecule has 4 aromatic rings. The Hall–Kier alpha value is -5.21. The molecule has 0 heterocycles. The molecular formula is C36H28O5. The lowest BCUT2D eigenvalue weighted by atomic mass is 9.61. The van der Waals surface area contributed by atoms with Crippen molar-refractivity contribution in [3.8, 4) is 40.2 Å². The summed E-state index contributed by atoms with van der Waals surface area (Å²) in [6.07, 6.45) is 7.71. The molecule has 0 aliphatic heterocycles. The van der Waals surface area contributed by atoms with Gasteiger partial charge in [-0.05, 0) is 107 Å². The number of aromatic hydroxyl groups is 2. The molecule has 2 N–H and O–H groups in total. The van der Waals surface area contributed by atoms with E-state index < -0.39 is 5.41 Å². The Balaban J connectivity index is 1.71. The zero-order chi connectivity index (χ0) is 28.6. The molecule has 2 atom stereocenters. The van der Waals surface area contributed by atoms with E-state index in [0.29, 0.717) is 23.1 Å². The van der Waals surface area contributed by atoms with Crippen molar-refractivity contribution in [2.45, 2.75) is 11.8 Å². The van der Waals surface area contributed by atoms with E-state index in [-0.39, 0.29) is 17.4 Å². The topological polar surface area (TPSA) is 76.0 Å². The van der Waals surface area contributed by atoms with E-state index in [1.807, 2.05) is 42.5 Å². The third-order valence-corrected chi connectivity index (χ3v) is 8.08. The number of rotatable bonds is 5. The predicted molar refractivity (Wildman–Crippen MR) is 158 cm³/mol. The SMILES string of the molecule is COC1=CCC([C@]2(c3ccc(OC)cc3)c3cc(O)ccc3-c3ccc(C=O)c(C#Cc4ccc(O)cc4)c32)C=C1. The second-order valence-electron chi connectivity index (χ2n) is 10.1. The van der Waals surface area contributed by atoms with Crippen LogP contribution < -0.4 is 4.74 Å². The molecule has 0 radical (unpaired) electrons. The maximum atomic E-state index is 12.5. The summed E-state index contributed by atoms with van der Waals surface area (Å²) in [7, 11) is 3.29. The Labute approximate surface area is 239 Å². The average Bonchev–Trinajstić information content (AvgIpc) is 3.31. The van der Waals surface area contributed by atoms with Crippen LogP contribution in [0, 0.1) is 17.8 Å². The van der Waals surface area contributed by atoms with E-state index in [2.05, 4.69) is 36.1 Å². The summed E-state index contributed by atoms with van der Waals surface area (Å²) in [5.74, 6) is 8.31. The Morgan fingerprint density at radius 3 is 2.24 bits per heavy atom. The van der Waals surface area contributed by atoms with Crippen molar-refractivity contribution in [1.29, 1.82) is 0 Å². The van der Waals surface area contributed by atoms with Gasteiger partial charge in [-0.15, -0.1) is 0 Å². The highest BCUT2D eigenvalue weighted by Gasteiger charge is 2.51. The molecule has 0 spiro atoms. The van der Waals surface area contributed by atoms with Gasteiger partial charge in [0.15, 0.2) is 6.29 Å². The van der Waals surface area contributed by atoms with Crippen LogP contribution in [0.4, 0.5) is 0 Å². The molecule has 1 unspecified atom stereocenters. The molecule has 41 heavy (non-hydrogen) atoms. The monoisotopic (exact) mass is 540 g/mol. The second-order valence-corrected chi connectivity index (χ2v) is 10.1. The van der Waals surface area contributed by atoms with Crippen molar-refractivity contribution in [3.63, 3.8) is 0 Å². The number of benzene rings is 4. The van der Waals surface area contributed by atoms with Crippen molar-refractivity contribution in [2.24, 2.45) is 5.92 Å². The number of phenols is 2. The molecule has 202 valence electrons. The van der Waals surface area contributed by atoms with Gasteiger partial charge >= 0.3 is 0 Å². The molecule has 0 fully saturated rings. The maximum absolute atomic E-state index is 12.5. The van der Waals surface area contributed by atoms with Gasteiger partial charge in [0.1, 0.15) is 23.0 Å². The largest absolute Gasteiger partial charge is 0.508 e. The highest BCUT2D eigenvalue weighted by Crippen LogP contribution is 2.60. The summed E-state index contributed by atoms with van der Waals surface area (Å²) < 4.78 is 11.0. The molecular weight excluding hydrogens is 512 g/mol. The molecule has 6 rings (SSSR count). The summed E-state index contributed by atoms with van der Waals surface area (Å²) in [4.78, 5) is 12.5. The van der Waals surface area contributed by atoms with Crippen LogP contribution in [0.3, 0.4) is 0 Å². The van der Waals surface area contributed by atoms with Crippen molar-refractivity contribution < 1.29 is 24.5 Å². The van der Waals surface area contributed by atoms with E-state index in [9.17, 15) is 15.0 Å². The van der Waals surface area contributed by atoms with Gasteiger partial charge in [0.25, 0.3) is 0 Å². The summed E-state index contributed by atoms with van der Waals surface area (Å²) in [5.41, 5.74) is 5.83. The molecule has 0 saturated heterocycles. The molecule has 0 amide bonds. The van der Waals surface area contributed by atoms with Crippen LogP contribution in [0.15, 0.2) is 103 Å². The van der Waals surface area contributed by atoms with Crippen LogP contribution in [-0.4, -0.2) is 30.7 Å². The molecule has 0 saturated carbocycles. The molecule has 4 aromatic carbocycles. The molecule has 0 aromatic heterocycles. The van der Waals surface area contributed by atoms with E-state index in [1.54, 1.807) is 44.6 Å². The third-order valence-electron chi connectivity index (χ3n) is 8.08. The minimum atomic E-state index is -0.792. The number of carbonyl (C=O) groups is 1. The molecule has 2 aliphatic rings. The fourth-order valence-electron chi connectivity index (χ4n) is 6.22. The first-order chi connectivity index (χ1) is 20.0. The minimum Gasteiger partial charge on any atom is -0.508 e. The summed E-state index contributed by atoms with van der Waals surface area (Å²) >= 11 is 0. The Morgan fingerprint density at radius 1 is 0.854 bits per heavy atom. The lowest BCUT2D eigenvalue weighted by Crippen LogP contribution is -2.36. The quantitative estimate of drug-likeness (QED) is 0.217. The van der Waals surface area contributed by atoms with E-state index in [0.717, 1.165) is 45.6 Å². The molecule has 2 aliphatic carbocycles. The maximum Gasteiger partial charge on any atom is 0.151 e. The van der Waals surface area contributed by atoms with Crippen LogP contribution in [0.1, 0.15) is 44.6 Å². The van der Waals surface area contributed by atoms with Gasteiger partial charge in [-0.25, -0.2) is 0 Å². The van der Waals surface area contributed by atoms with Crippen molar-refractivity contribution in [3.05, 3.63) is 136 Å². The van der Waals surface area contributed by atoms with Crippen molar-refractivity contribution >= 4 is 6.29 Å². The van der Waals surface area contributed by atoms with Gasteiger partial charge in [-0.3, -0.25) is 4.79 Å². The number of hydrogen-bond acceptors (Lipinski definition) is 5. The number of methoxy groups -OCH3 is 2. The number of hydrogen-bond donors (Lipinski definition) is 2. The van der Waals surface area contributed by atoms with Crippen molar-refractivity contribution in [1.82, 2.24) is 0 Å². The van der Waals surface area contributed by atoms with Crippen LogP contribution in [0.5, 0.6) is 17.2 Å². The first kappa shape index (κ1) is 26.0. The van der Waals surface area contributed by atoms with Gasteiger partial charge in [-0.2, -0.15) is 0 Å². The smallest absolute Gasteiger partial charge is 0.151 e.